The fourth-order valence-corrected chi connectivity index (χ4v) is 3.34. The summed E-state index contributed by atoms with van der Waals surface area (Å²) in [7, 11) is 0. The second-order valence-electron chi connectivity index (χ2n) is 6.54. The van der Waals surface area contributed by atoms with E-state index in [9.17, 15) is 4.79 Å². The van der Waals surface area contributed by atoms with Gasteiger partial charge in [0.15, 0.2) is 0 Å². The summed E-state index contributed by atoms with van der Waals surface area (Å²) < 4.78 is 11.9. The summed E-state index contributed by atoms with van der Waals surface area (Å²) in [6.07, 6.45) is 2.82. The number of nitrogens with zero attached hydrogens (tertiary/aromatic N) is 4. The molecule has 0 amide bonds. The van der Waals surface area contributed by atoms with Crippen molar-refractivity contribution in [1.29, 1.82) is 0 Å². The third-order valence-corrected chi connectivity index (χ3v) is 4.70. The molecule has 1 fully saturated rings. The van der Waals surface area contributed by atoms with Crippen LogP contribution in [-0.2, 0) is 4.74 Å². The molecule has 8 heteroatoms. The minimum atomic E-state index is -0.242. The van der Waals surface area contributed by atoms with Crippen LogP contribution in [-0.4, -0.2) is 39.6 Å². The maximum absolute atomic E-state index is 12.2. The summed E-state index contributed by atoms with van der Waals surface area (Å²) in [4.78, 5) is 29.7. The Morgan fingerprint density at radius 2 is 2.07 bits per heavy atom. The number of morpholine rings is 1. The molecule has 0 aliphatic carbocycles. The lowest BCUT2D eigenvalue weighted by molar-refractivity contribution is 0.0262. The molecule has 1 N–H and O–H groups in total. The number of fused-ring (bicyclic) bond motifs is 1. The van der Waals surface area contributed by atoms with E-state index in [4.69, 9.17) is 9.15 Å². The largest absolute Gasteiger partial charge is 0.458 e. The number of anilines is 1. The molecule has 0 bridgehead atoms. The number of ether oxygens (including phenoxy) is 1. The van der Waals surface area contributed by atoms with Crippen LogP contribution in [0.3, 0.4) is 0 Å². The zero-order chi connectivity index (χ0) is 18.9. The summed E-state index contributed by atoms with van der Waals surface area (Å²) in [5.41, 5.74) is 1.71. The molecule has 0 radical (unpaired) electrons. The summed E-state index contributed by atoms with van der Waals surface area (Å²) in [5.74, 6) is 1.26. The summed E-state index contributed by atoms with van der Waals surface area (Å²) >= 11 is 0. The summed E-state index contributed by atoms with van der Waals surface area (Å²) in [5, 5.41) is 1.04. The van der Waals surface area contributed by atoms with Crippen molar-refractivity contribution >= 4 is 16.9 Å². The van der Waals surface area contributed by atoms with Gasteiger partial charge in [-0.1, -0.05) is 18.2 Å². The Hall–Kier alpha value is -3.52. The highest BCUT2D eigenvalue weighted by Gasteiger charge is 2.26. The van der Waals surface area contributed by atoms with Crippen LogP contribution in [0.2, 0.25) is 0 Å². The molecule has 4 heterocycles. The molecule has 0 unspecified atom stereocenters. The van der Waals surface area contributed by atoms with Gasteiger partial charge in [-0.05, 0) is 18.2 Å². The highest BCUT2D eigenvalue weighted by atomic mass is 16.5. The lowest BCUT2D eigenvalue weighted by Gasteiger charge is -2.32. The van der Waals surface area contributed by atoms with Crippen molar-refractivity contribution in [3.63, 3.8) is 0 Å². The van der Waals surface area contributed by atoms with Crippen molar-refractivity contribution in [2.45, 2.75) is 6.10 Å². The standard InChI is InChI=1S/C20H17N5O3/c26-19-10-15(14-5-6-21-12-22-14)23-20(24-19)25-7-8-27-18(11-25)17-9-13-3-1-2-4-16(13)28-17/h1-6,9-10,12,18H,7-8,11H2,(H,23,24,26)/t18-/m1/s1. The van der Waals surface area contributed by atoms with Gasteiger partial charge < -0.3 is 14.1 Å². The van der Waals surface area contributed by atoms with Crippen LogP contribution < -0.4 is 10.5 Å². The molecular weight excluding hydrogens is 358 g/mol. The zero-order valence-corrected chi connectivity index (χ0v) is 14.9. The van der Waals surface area contributed by atoms with Crippen molar-refractivity contribution in [3.8, 4) is 11.4 Å². The molecule has 1 aliphatic heterocycles. The number of hydrogen-bond donors (Lipinski definition) is 1. The van der Waals surface area contributed by atoms with E-state index in [1.165, 1.54) is 12.4 Å². The normalized spacial score (nSPS) is 17.1. The van der Waals surface area contributed by atoms with Crippen LogP contribution in [0.1, 0.15) is 11.9 Å². The average molecular weight is 375 g/mol. The first-order chi connectivity index (χ1) is 13.8. The predicted molar refractivity (Wildman–Crippen MR) is 103 cm³/mol. The number of furan rings is 1. The zero-order valence-electron chi connectivity index (χ0n) is 14.9. The Morgan fingerprint density at radius 3 is 2.93 bits per heavy atom. The first-order valence-electron chi connectivity index (χ1n) is 8.99. The third kappa shape index (κ3) is 3.14. The van der Waals surface area contributed by atoms with E-state index >= 15 is 0 Å². The van der Waals surface area contributed by atoms with Gasteiger partial charge in [0.25, 0.3) is 5.56 Å². The van der Waals surface area contributed by atoms with Crippen LogP contribution in [0, 0.1) is 0 Å². The Bertz CT molecular complexity index is 1140. The number of rotatable bonds is 3. The minimum Gasteiger partial charge on any atom is -0.458 e. The highest BCUT2D eigenvalue weighted by molar-refractivity contribution is 5.77. The molecule has 1 atom stereocenters. The molecule has 5 rings (SSSR count). The Balaban J connectivity index is 1.45. The van der Waals surface area contributed by atoms with Gasteiger partial charge in [-0.25, -0.2) is 15.0 Å². The predicted octanol–water partition coefficient (Wildman–Crippen LogP) is 2.55. The topological polar surface area (TPSA) is 97.1 Å². The van der Waals surface area contributed by atoms with Crippen LogP contribution in [0.25, 0.3) is 22.4 Å². The number of aromatic amines is 1. The van der Waals surface area contributed by atoms with Crippen LogP contribution >= 0.6 is 0 Å². The number of para-hydroxylation sites is 1. The Kier molecular flexibility index (Phi) is 4.10. The maximum atomic E-state index is 12.2. The summed E-state index contributed by atoms with van der Waals surface area (Å²) in [6, 6.07) is 13.0. The Labute approximate surface area is 159 Å². The first-order valence-corrected chi connectivity index (χ1v) is 8.99. The SMILES string of the molecule is O=c1cc(-c2ccncn2)nc(N2CCO[C@@H](c3cc4ccccc4o3)C2)[nH]1. The number of nitrogens with one attached hydrogen (secondary N) is 1. The summed E-state index contributed by atoms with van der Waals surface area (Å²) in [6.45, 7) is 1.64. The maximum Gasteiger partial charge on any atom is 0.252 e. The minimum absolute atomic E-state index is 0.231. The van der Waals surface area contributed by atoms with E-state index in [1.54, 1.807) is 12.3 Å². The molecule has 140 valence electrons. The van der Waals surface area contributed by atoms with E-state index in [0.29, 0.717) is 37.0 Å². The van der Waals surface area contributed by atoms with Gasteiger partial charge in [-0.15, -0.1) is 0 Å². The lowest BCUT2D eigenvalue weighted by atomic mass is 10.2. The average Bonchev–Trinajstić information content (AvgIpc) is 3.18. The number of hydrogen-bond acceptors (Lipinski definition) is 7. The van der Waals surface area contributed by atoms with Crippen LogP contribution in [0.4, 0.5) is 5.95 Å². The van der Waals surface area contributed by atoms with Gasteiger partial charge in [-0.3, -0.25) is 9.78 Å². The monoisotopic (exact) mass is 375 g/mol. The molecule has 0 saturated carbocycles. The third-order valence-electron chi connectivity index (χ3n) is 4.70. The van der Waals surface area contributed by atoms with E-state index in [-0.39, 0.29) is 11.7 Å². The van der Waals surface area contributed by atoms with Crippen molar-refractivity contribution in [2.24, 2.45) is 0 Å². The molecule has 1 saturated heterocycles. The number of aromatic nitrogens is 4. The van der Waals surface area contributed by atoms with Gasteiger partial charge in [-0.2, -0.15) is 0 Å². The lowest BCUT2D eigenvalue weighted by Crippen LogP contribution is -2.40. The highest BCUT2D eigenvalue weighted by Crippen LogP contribution is 2.29. The van der Waals surface area contributed by atoms with E-state index < -0.39 is 0 Å². The van der Waals surface area contributed by atoms with Gasteiger partial charge in [0.2, 0.25) is 5.95 Å². The molecule has 1 aromatic carbocycles. The van der Waals surface area contributed by atoms with E-state index in [2.05, 4.69) is 19.9 Å². The van der Waals surface area contributed by atoms with Gasteiger partial charge in [0.05, 0.1) is 24.5 Å². The molecular formula is C20H17N5O3. The molecule has 28 heavy (non-hydrogen) atoms. The second-order valence-corrected chi connectivity index (χ2v) is 6.54. The second kappa shape index (κ2) is 6.90. The van der Waals surface area contributed by atoms with E-state index in [1.807, 2.05) is 35.2 Å². The molecule has 1 aliphatic rings. The fraction of sp³-hybridized carbons (Fsp3) is 0.200. The molecule has 3 aromatic heterocycles. The van der Waals surface area contributed by atoms with Crippen molar-refractivity contribution in [3.05, 3.63) is 71.1 Å². The van der Waals surface area contributed by atoms with Gasteiger partial charge in [0.1, 0.15) is 23.8 Å². The van der Waals surface area contributed by atoms with Gasteiger partial charge in [0, 0.05) is 24.2 Å². The number of H-pyrrole nitrogens is 1. The van der Waals surface area contributed by atoms with Crippen molar-refractivity contribution in [1.82, 2.24) is 19.9 Å². The quantitative estimate of drug-likeness (QED) is 0.588. The number of benzene rings is 1. The van der Waals surface area contributed by atoms with Crippen LogP contribution in [0.15, 0.2) is 64.2 Å². The molecule has 0 spiro atoms. The molecule has 4 aromatic rings. The molecule has 8 nitrogen and oxygen atoms in total. The van der Waals surface area contributed by atoms with Crippen molar-refractivity contribution in [2.75, 3.05) is 24.6 Å². The smallest absolute Gasteiger partial charge is 0.252 e. The Morgan fingerprint density at radius 1 is 1.14 bits per heavy atom. The van der Waals surface area contributed by atoms with E-state index in [0.717, 1.165) is 16.7 Å². The first kappa shape index (κ1) is 16.6. The van der Waals surface area contributed by atoms with Gasteiger partial charge >= 0.3 is 0 Å². The fourth-order valence-electron chi connectivity index (χ4n) is 3.34. The van der Waals surface area contributed by atoms with Crippen molar-refractivity contribution < 1.29 is 9.15 Å². The van der Waals surface area contributed by atoms with Crippen LogP contribution in [0.5, 0.6) is 0 Å².